The van der Waals surface area contributed by atoms with Gasteiger partial charge >= 0.3 is 0 Å². The molecule has 0 amide bonds. The SMILES string of the molecule is Nc1ccn(CCN2CCCS2(=O)=O)n1. The van der Waals surface area contributed by atoms with Crippen LogP contribution in [0.4, 0.5) is 5.82 Å². The van der Waals surface area contributed by atoms with Crippen molar-refractivity contribution < 1.29 is 8.42 Å². The van der Waals surface area contributed by atoms with E-state index in [2.05, 4.69) is 5.10 Å². The van der Waals surface area contributed by atoms with Crippen LogP contribution in [0.1, 0.15) is 6.42 Å². The Morgan fingerprint density at radius 3 is 2.80 bits per heavy atom. The van der Waals surface area contributed by atoms with Crippen molar-refractivity contribution in [1.29, 1.82) is 0 Å². The highest BCUT2D eigenvalue weighted by Gasteiger charge is 2.27. The van der Waals surface area contributed by atoms with E-state index >= 15 is 0 Å². The van der Waals surface area contributed by atoms with Gasteiger partial charge in [-0.1, -0.05) is 0 Å². The van der Waals surface area contributed by atoms with E-state index in [4.69, 9.17) is 5.73 Å². The first-order valence-corrected chi connectivity index (χ1v) is 6.45. The highest BCUT2D eigenvalue weighted by Crippen LogP contribution is 2.12. The van der Waals surface area contributed by atoms with Crippen LogP contribution in [0.25, 0.3) is 0 Å². The molecule has 0 aromatic carbocycles. The Morgan fingerprint density at radius 1 is 1.47 bits per heavy atom. The summed E-state index contributed by atoms with van der Waals surface area (Å²) in [5, 5.41) is 3.99. The van der Waals surface area contributed by atoms with Gasteiger partial charge in [0.15, 0.2) is 0 Å². The number of aromatic nitrogens is 2. The summed E-state index contributed by atoms with van der Waals surface area (Å²) in [4.78, 5) is 0. The summed E-state index contributed by atoms with van der Waals surface area (Å²) >= 11 is 0. The first-order chi connectivity index (χ1) is 7.08. The molecule has 84 valence electrons. The van der Waals surface area contributed by atoms with E-state index in [0.29, 0.717) is 25.5 Å². The molecule has 1 saturated heterocycles. The summed E-state index contributed by atoms with van der Waals surface area (Å²) in [7, 11) is -2.99. The van der Waals surface area contributed by atoms with Gasteiger partial charge in [-0.05, 0) is 12.5 Å². The zero-order valence-electron chi connectivity index (χ0n) is 8.33. The minimum Gasteiger partial charge on any atom is -0.382 e. The maximum Gasteiger partial charge on any atom is 0.214 e. The van der Waals surface area contributed by atoms with Crippen LogP contribution >= 0.6 is 0 Å². The van der Waals surface area contributed by atoms with Gasteiger partial charge in [0.1, 0.15) is 5.82 Å². The topological polar surface area (TPSA) is 81.2 Å². The maximum atomic E-state index is 11.5. The Hall–Kier alpha value is -1.08. The Kier molecular flexibility index (Phi) is 2.66. The molecule has 1 aromatic heterocycles. The van der Waals surface area contributed by atoms with Crippen molar-refractivity contribution in [2.45, 2.75) is 13.0 Å². The highest BCUT2D eigenvalue weighted by atomic mass is 32.2. The second-order valence-electron chi connectivity index (χ2n) is 3.57. The third-order valence-electron chi connectivity index (χ3n) is 2.44. The molecule has 6 nitrogen and oxygen atoms in total. The average Bonchev–Trinajstić information content (AvgIpc) is 2.69. The van der Waals surface area contributed by atoms with Crippen LogP contribution in [0.3, 0.4) is 0 Å². The summed E-state index contributed by atoms with van der Waals surface area (Å²) in [6, 6.07) is 1.69. The van der Waals surface area contributed by atoms with Gasteiger partial charge in [0, 0.05) is 19.3 Å². The summed E-state index contributed by atoms with van der Waals surface area (Å²) in [6.07, 6.45) is 2.47. The molecule has 1 aliphatic heterocycles. The molecular weight excluding hydrogens is 216 g/mol. The monoisotopic (exact) mass is 230 g/mol. The van der Waals surface area contributed by atoms with Crippen LogP contribution < -0.4 is 5.73 Å². The van der Waals surface area contributed by atoms with Crippen molar-refractivity contribution >= 4 is 15.8 Å². The van der Waals surface area contributed by atoms with Crippen LogP contribution in [-0.2, 0) is 16.6 Å². The Labute approximate surface area is 88.7 Å². The zero-order chi connectivity index (χ0) is 10.9. The van der Waals surface area contributed by atoms with Crippen LogP contribution in [0.15, 0.2) is 12.3 Å². The van der Waals surface area contributed by atoms with Gasteiger partial charge in [-0.15, -0.1) is 0 Å². The first-order valence-electron chi connectivity index (χ1n) is 4.85. The third kappa shape index (κ3) is 2.29. The maximum absolute atomic E-state index is 11.5. The molecule has 2 rings (SSSR count). The van der Waals surface area contributed by atoms with Gasteiger partial charge < -0.3 is 5.73 Å². The molecule has 7 heteroatoms. The molecule has 0 atom stereocenters. The number of nitrogen functional groups attached to an aromatic ring is 1. The standard InChI is InChI=1S/C8H14N4O2S/c9-8-2-4-11(10-8)5-6-12-3-1-7-15(12,13)14/h2,4H,1,3,5-7H2,(H2,9,10). The molecule has 2 heterocycles. The van der Waals surface area contributed by atoms with Crippen molar-refractivity contribution in [2.24, 2.45) is 0 Å². The van der Waals surface area contributed by atoms with E-state index in [1.807, 2.05) is 0 Å². The van der Waals surface area contributed by atoms with E-state index in [0.717, 1.165) is 6.42 Å². The molecule has 1 aliphatic rings. The van der Waals surface area contributed by atoms with Crippen molar-refractivity contribution in [3.05, 3.63) is 12.3 Å². The lowest BCUT2D eigenvalue weighted by Crippen LogP contribution is -2.29. The quantitative estimate of drug-likeness (QED) is 0.759. The lowest BCUT2D eigenvalue weighted by molar-refractivity contribution is 0.409. The predicted octanol–water partition coefficient (Wildman–Crippen LogP) is -0.499. The lowest BCUT2D eigenvalue weighted by Gasteiger charge is -2.13. The summed E-state index contributed by atoms with van der Waals surface area (Å²) in [6.45, 7) is 1.65. The van der Waals surface area contributed by atoms with Crippen molar-refractivity contribution in [3.8, 4) is 0 Å². The molecular formula is C8H14N4O2S. The number of anilines is 1. The molecule has 1 aromatic rings. The average molecular weight is 230 g/mol. The second kappa shape index (κ2) is 3.82. The van der Waals surface area contributed by atoms with E-state index in [9.17, 15) is 8.42 Å². The van der Waals surface area contributed by atoms with Crippen LogP contribution in [-0.4, -0.2) is 41.3 Å². The van der Waals surface area contributed by atoms with Gasteiger partial charge in [0.25, 0.3) is 0 Å². The van der Waals surface area contributed by atoms with Crippen LogP contribution in [0, 0.1) is 0 Å². The number of hydrogen-bond donors (Lipinski definition) is 1. The highest BCUT2D eigenvalue weighted by molar-refractivity contribution is 7.89. The predicted molar refractivity (Wildman–Crippen MR) is 56.6 cm³/mol. The van der Waals surface area contributed by atoms with E-state index < -0.39 is 10.0 Å². The number of nitrogens with zero attached hydrogens (tertiary/aromatic N) is 3. The van der Waals surface area contributed by atoms with Gasteiger partial charge in [-0.3, -0.25) is 4.68 Å². The van der Waals surface area contributed by atoms with Crippen molar-refractivity contribution in [3.63, 3.8) is 0 Å². The number of rotatable bonds is 3. The van der Waals surface area contributed by atoms with E-state index in [-0.39, 0.29) is 5.75 Å². The third-order valence-corrected chi connectivity index (χ3v) is 4.40. The molecule has 0 spiro atoms. The van der Waals surface area contributed by atoms with Gasteiger partial charge in [0.2, 0.25) is 10.0 Å². The molecule has 2 N–H and O–H groups in total. The summed E-state index contributed by atoms with van der Waals surface area (Å²) in [5.74, 6) is 0.730. The minimum atomic E-state index is -2.99. The molecule has 0 bridgehead atoms. The summed E-state index contributed by atoms with van der Waals surface area (Å²) in [5.41, 5.74) is 5.45. The molecule has 1 fully saturated rings. The zero-order valence-corrected chi connectivity index (χ0v) is 9.15. The van der Waals surface area contributed by atoms with Crippen LogP contribution in [0.5, 0.6) is 0 Å². The minimum absolute atomic E-state index is 0.272. The van der Waals surface area contributed by atoms with Gasteiger partial charge in [0.05, 0.1) is 12.3 Å². The van der Waals surface area contributed by atoms with Crippen LogP contribution in [0.2, 0.25) is 0 Å². The smallest absolute Gasteiger partial charge is 0.214 e. The van der Waals surface area contributed by atoms with E-state index in [1.54, 1.807) is 16.9 Å². The fraction of sp³-hybridized carbons (Fsp3) is 0.625. The van der Waals surface area contributed by atoms with Gasteiger partial charge in [-0.2, -0.15) is 5.10 Å². The lowest BCUT2D eigenvalue weighted by atomic mass is 10.5. The van der Waals surface area contributed by atoms with E-state index in [1.165, 1.54) is 4.31 Å². The van der Waals surface area contributed by atoms with Crippen molar-refractivity contribution in [2.75, 3.05) is 24.6 Å². The fourth-order valence-corrected chi connectivity index (χ4v) is 3.18. The molecule has 0 saturated carbocycles. The summed E-state index contributed by atoms with van der Waals surface area (Å²) < 4.78 is 26.1. The Morgan fingerprint density at radius 2 is 2.27 bits per heavy atom. The van der Waals surface area contributed by atoms with Crippen molar-refractivity contribution in [1.82, 2.24) is 14.1 Å². The normalized spacial score (nSPS) is 20.8. The molecule has 0 radical (unpaired) electrons. The first kappa shape index (κ1) is 10.4. The fourth-order valence-electron chi connectivity index (χ4n) is 1.66. The molecule has 0 unspecified atom stereocenters. The number of hydrogen-bond acceptors (Lipinski definition) is 4. The Balaban J connectivity index is 1.94. The Bertz CT molecular complexity index is 439. The molecule has 15 heavy (non-hydrogen) atoms. The molecule has 0 aliphatic carbocycles. The number of sulfonamides is 1. The largest absolute Gasteiger partial charge is 0.382 e. The van der Waals surface area contributed by atoms with Gasteiger partial charge in [-0.25, -0.2) is 12.7 Å². The number of nitrogens with two attached hydrogens (primary N) is 1. The second-order valence-corrected chi connectivity index (χ2v) is 5.66.